The van der Waals surface area contributed by atoms with Crippen LogP contribution in [0.15, 0.2) is 30.3 Å². The van der Waals surface area contributed by atoms with Crippen molar-refractivity contribution in [1.82, 2.24) is 31.9 Å². The van der Waals surface area contributed by atoms with Crippen LogP contribution in [0.25, 0.3) is 0 Å². The summed E-state index contributed by atoms with van der Waals surface area (Å²) in [5.74, 6) is -9.82. The van der Waals surface area contributed by atoms with E-state index in [-0.39, 0.29) is 17.9 Å². The quantitative estimate of drug-likeness (QED) is 0.0491. The number of hydrogen-bond donors (Lipinski definition) is 14. The zero-order chi connectivity index (χ0) is 38.0. The molecule has 278 valence electrons. The van der Waals surface area contributed by atoms with Gasteiger partial charge in [0.2, 0.25) is 35.4 Å². The maximum Gasteiger partial charge on any atom is 0.326 e. The van der Waals surface area contributed by atoms with Crippen LogP contribution in [-0.2, 0) is 44.8 Å². The van der Waals surface area contributed by atoms with Crippen molar-refractivity contribution < 1.29 is 63.9 Å². The summed E-state index contributed by atoms with van der Waals surface area (Å²) in [5.41, 5.74) is 6.05. The molecule has 0 bridgehead atoms. The van der Waals surface area contributed by atoms with Crippen LogP contribution < -0.4 is 37.6 Å². The zero-order valence-corrected chi connectivity index (χ0v) is 28.1. The Labute approximate surface area is 296 Å². The molecule has 0 aliphatic rings. The molecule has 1 rings (SSSR count). The molecule has 0 aliphatic carbocycles. The molecule has 0 fully saturated rings. The first-order valence-electron chi connectivity index (χ1n) is 14.7. The van der Waals surface area contributed by atoms with Crippen molar-refractivity contribution in [3.05, 3.63) is 35.9 Å². The van der Waals surface area contributed by atoms with Crippen molar-refractivity contribution in [1.29, 1.82) is 0 Å². The van der Waals surface area contributed by atoms with Crippen LogP contribution in [-0.4, -0.2) is 147 Å². The summed E-state index contributed by atoms with van der Waals surface area (Å²) >= 11 is 7.86. The first-order chi connectivity index (χ1) is 23.6. The number of amides is 6. The molecule has 0 heterocycles. The van der Waals surface area contributed by atoms with E-state index >= 15 is 0 Å². The third kappa shape index (κ3) is 14.6. The van der Waals surface area contributed by atoms with Gasteiger partial charge >= 0.3 is 11.9 Å². The van der Waals surface area contributed by atoms with Gasteiger partial charge in [0.1, 0.15) is 36.3 Å². The summed E-state index contributed by atoms with van der Waals surface area (Å²) in [6, 6.07) is -3.01. The molecule has 1 aromatic carbocycles. The summed E-state index contributed by atoms with van der Waals surface area (Å²) in [4.78, 5) is 99.0. The molecule has 1 aromatic rings. The molecule has 50 heavy (non-hydrogen) atoms. The molecule has 0 saturated carbocycles. The lowest BCUT2D eigenvalue weighted by Gasteiger charge is -2.26. The van der Waals surface area contributed by atoms with Crippen LogP contribution in [0.1, 0.15) is 12.0 Å². The lowest BCUT2D eigenvalue weighted by atomic mass is 10.0. The highest BCUT2D eigenvalue weighted by molar-refractivity contribution is 7.80. The van der Waals surface area contributed by atoms with Crippen molar-refractivity contribution in [2.24, 2.45) is 5.73 Å². The average Bonchev–Trinajstić information content (AvgIpc) is 3.09. The van der Waals surface area contributed by atoms with E-state index in [0.29, 0.717) is 5.56 Å². The number of carbonyl (C=O) groups excluding carboxylic acids is 6. The van der Waals surface area contributed by atoms with E-state index in [1.165, 1.54) is 0 Å². The fourth-order valence-corrected chi connectivity index (χ4v) is 4.36. The minimum absolute atomic E-state index is 0.0385. The summed E-state index contributed by atoms with van der Waals surface area (Å²) in [5, 5.41) is 60.5. The molecule has 0 spiro atoms. The van der Waals surface area contributed by atoms with Crippen LogP contribution in [0.4, 0.5) is 0 Å². The predicted molar refractivity (Wildman–Crippen MR) is 179 cm³/mol. The molecule has 7 atom stereocenters. The van der Waals surface area contributed by atoms with Crippen molar-refractivity contribution in [2.45, 2.75) is 55.1 Å². The summed E-state index contributed by atoms with van der Waals surface area (Å²) in [6.07, 6.45) is -1.21. The van der Waals surface area contributed by atoms with Crippen molar-refractivity contribution >= 4 is 72.6 Å². The second-order valence-electron chi connectivity index (χ2n) is 10.5. The topological polar surface area (TPSA) is 336 Å². The van der Waals surface area contributed by atoms with Gasteiger partial charge in [-0.2, -0.15) is 25.3 Å². The van der Waals surface area contributed by atoms with E-state index in [0.717, 1.165) is 0 Å². The Morgan fingerprint density at radius 2 is 0.940 bits per heavy atom. The lowest BCUT2D eigenvalue weighted by molar-refractivity contribution is -0.147. The third-order valence-electron chi connectivity index (χ3n) is 6.70. The number of rotatable bonds is 22. The minimum atomic E-state index is -1.86. The van der Waals surface area contributed by atoms with Gasteiger partial charge in [0.05, 0.1) is 32.3 Å². The fourth-order valence-electron chi connectivity index (χ4n) is 3.93. The van der Waals surface area contributed by atoms with Crippen molar-refractivity contribution in [3.63, 3.8) is 0 Å². The van der Waals surface area contributed by atoms with Crippen LogP contribution in [0.5, 0.6) is 0 Å². The van der Waals surface area contributed by atoms with E-state index in [1.807, 2.05) is 5.32 Å². The molecular weight excluding hydrogens is 706 g/mol. The number of aliphatic carboxylic acids is 2. The number of carbonyl (C=O) groups is 8. The van der Waals surface area contributed by atoms with Gasteiger partial charge in [-0.25, -0.2) is 4.79 Å². The first kappa shape index (κ1) is 43.5. The Morgan fingerprint density at radius 3 is 1.32 bits per heavy atom. The second kappa shape index (κ2) is 22.3. The van der Waals surface area contributed by atoms with Gasteiger partial charge in [-0.05, 0) is 5.56 Å². The smallest absolute Gasteiger partial charge is 0.326 e. The number of nitrogens with one attached hydrogen (secondary N) is 6. The Balaban J connectivity index is 3.03. The normalized spacial score (nSPS) is 15.0. The summed E-state index contributed by atoms with van der Waals surface area (Å²) < 4.78 is 0. The van der Waals surface area contributed by atoms with E-state index in [2.05, 4.69) is 51.8 Å². The lowest BCUT2D eigenvalue weighted by Crippen LogP contribution is -2.61. The number of carboxylic acid groups (broad SMARTS) is 2. The number of hydrogen-bond acceptors (Lipinski definition) is 14. The molecule has 0 aliphatic heterocycles. The molecule has 0 aromatic heterocycles. The zero-order valence-electron chi connectivity index (χ0n) is 26.4. The van der Waals surface area contributed by atoms with E-state index in [4.69, 9.17) is 10.8 Å². The fraction of sp³-hybridized carbons (Fsp3) is 0.500. The monoisotopic (exact) mass is 747 g/mol. The molecule has 20 nitrogen and oxygen atoms in total. The van der Waals surface area contributed by atoms with E-state index < -0.39 is 116 Å². The third-order valence-corrected chi connectivity index (χ3v) is 7.46. The predicted octanol–water partition coefficient (Wildman–Crippen LogP) is -6.14. The molecular formula is C28H41N7O13S2. The molecule has 22 heteroatoms. The Morgan fingerprint density at radius 1 is 0.560 bits per heavy atom. The molecule has 0 radical (unpaired) electrons. The van der Waals surface area contributed by atoms with E-state index in [9.17, 15) is 58.8 Å². The van der Waals surface area contributed by atoms with Gasteiger partial charge in [0, 0.05) is 17.9 Å². The van der Waals surface area contributed by atoms with Crippen LogP contribution in [0.2, 0.25) is 0 Å². The average molecular weight is 748 g/mol. The Hall–Kier alpha value is -4.48. The van der Waals surface area contributed by atoms with Gasteiger partial charge < -0.3 is 63.2 Å². The molecule has 13 N–H and O–H groups in total. The van der Waals surface area contributed by atoms with E-state index in [1.54, 1.807) is 30.3 Å². The molecule has 6 amide bonds. The number of benzene rings is 1. The van der Waals surface area contributed by atoms with Gasteiger partial charge in [-0.1, -0.05) is 30.3 Å². The molecule has 0 saturated heterocycles. The Bertz CT molecular complexity index is 1360. The second-order valence-corrected chi connectivity index (χ2v) is 11.2. The van der Waals surface area contributed by atoms with Crippen molar-refractivity contribution in [3.8, 4) is 0 Å². The Kier molecular flexibility index (Phi) is 19.4. The number of aliphatic hydroxyl groups excluding tert-OH is 3. The first-order valence-corrected chi connectivity index (χ1v) is 16.0. The number of nitrogens with two attached hydrogens (primary N) is 1. The van der Waals surface area contributed by atoms with Crippen LogP contribution in [0.3, 0.4) is 0 Å². The standard InChI is InChI=1S/C28H41N7O13S2/c29-14(11-49)22(41)35-20(12-50)27(46)34-19(10-38)26(45)33-18(9-37)25(44)32-17(8-36)24(43)30-15(6-13-4-2-1-3-5-13)23(42)31-16(28(47)48)7-21(39)40/h1-5,14-20,36-38,49-50H,6-12,29H2,(H,30,43)(H,31,42)(H,32,44)(H,33,45)(H,34,46)(H,35,41)(H,39,40)(H,47,48)/t14-,15-,16-,17-,18-,19-,20-/m0/s1. The highest BCUT2D eigenvalue weighted by Gasteiger charge is 2.33. The number of carboxylic acids is 2. The number of thiol groups is 2. The van der Waals surface area contributed by atoms with Crippen LogP contribution >= 0.6 is 25.3 Å². The van der Waals surface area contributed by atoms with Crippen LogP contribution in [0, 0.1) is 0 Å². The minimum Gasteiger partial charge on any atom is -0.481 e. The summed E-state index contributed by atoms with van der Waals surface area (Å²) in [7, 11) is 0. The van der Waals surface area contributed by atoms with Gasteiger partial charge in [0.15, 0.2) is 0 Å². The number of aliphatic hydroxyl groups is 3. The largest absolute Gasteiger partial charge is 0.481 e. The summed E-state index contributed by atoms with van der Waals surface area (Å²) in [6.45, 7) is -3.13. The van der Waals surface area contributed by atoms with Gasteiger partial charge in [-0.15, -0.1) is 0 Å². The SMILES string of the molecule is N[C@@H](CS)C(=O)N[C@@H](CS)C(=O)N[C@@H](CO)C(=O)N[C@@H](CO)C(=O)N[C@@H](CO)C(=O)N[C@@H](Cc1ccccc1)C(=O)N[C@@H](CC(=O)O)C(=O)O. The maximum atomic E-state index is 13.1. The van der Waals surface area contributed by atoms with Gasteiger partial charge in [-0.3, -0.25) is 33.6 Å². The highest BCUT2D eigenvalue weighted by Crippen LogP contribution is 2.06. The van der Waals surface area contributed by atoms with Crippen molar-refractivity contribution in [2.75, 3.05) is 31.3 Å². The molecule has 0 unspecified atom stereocenters. The van der Waals surface area contributed by atoms with Gasteiger partial charge in [0.25, 0.3) is 0 Å². The highest BCUT2D eigenvalue weighted by atomic mass is 32.1. The maximum absolute atomic E-state index is 13.1.